The fourth-order valence-electron chi connectivity index (χ4n) is 2.10. The maximum Gasteiger partial charge on any atom is 0.272 e. The number of hydrogen-bond acceptors (Lipinski definition) is 3. The highest BCUT2D eigenvalue weighted by Gasteiger charge is 2.28. The predicted octanol–water partition coefficient (Wildman–Crippen LogP) is 3.16. The molecule has 0 fully saturated rings. The largest absolute Gasteiger partial charge is 0.316 e. The van der Waals surface area contributed by atoms with Gasteiger partial charge in [-0.15, -0.1) is 0 Å². The number of para-hydroxylation sites is 1. The monoisotopic (exact) mass is 250 g/mol. The summed E-state index contributed by atoms with van der Waals surface area (Å²) < 4.78 is 0. The van der Waals surface area contributed by atoms with Crippen LogP contribution in [0.3, 0.4) is 0 Å². The molecule has 0 aliphatic rings. The van der Waals surface area contributed by atoms with Crippen LogP contribution in [-0.4, -0.2) is 18.0 Å². The molecule has 0 heterocycles. The molecule has 1 aromatic carbocycles. The van der Waals surface area contributed by atoms with Crippen LogP contribution in [0.25, 0.3) is 0 Å². The van der Waals surface area contributed by atoms with Crippen LogP contribution in [0, 0.1) is 15.5 Å². The second kappa shape index (κ2) is 5.96. The Hall–Kier alpha value is -1.42. The van der Waals surface area contributed by atoms with E-state index in [2.05, 4.69) is 26.1 Å². The molecule has 100 valence electrons. The van der Waals surface area contributed by atoms with Gasteiger partial charge in [-0.05, 0) is 25.3 Å². The van der Waals surface area contributed by atoms with E-state index in [1.165, 1.54) is 0 Å². The first kappa shape index (κ1) is 14.6. The lowest BCUT2D eigenvalue weighted by Gasteiger charge is -2.33. The quantitative estimate of drug-likeness (QED) is 0.623. The topological polar surface area (TPSA) is 55.2 Å². The van der Waals surface area contributed by atoms with Crippen molar-refractivity contribution in [1.29, 1.82) is 0 Å². The standard InChI is InChI=1S/C14H22N2O2/c1-5-14(2,3)13(15-4)10-11-8-6-7-9-12(11)16(17)18/h6-9,13,15H,5,10H2,1-4H3. The van der Waals surface area contributed by atoms with Gasteiger partial charge in [-0.3, -0.25) is 10.1 Å². The summed E-state index contributed by atoms with van der Waals surface area (Å²) >= 11 is 0. The Balaban J connectivity index is 2.99. The molecule has 1 rings (SSSR count). The molecule has 0 bridgehead atoms. The first-order valence-electron chi connectivity index (χ1n) is 6.32. The van der Waals surface area contributed by atoms with Gasteiger partial charge in [0.15, 0.2) is 0 Å². The number of benzene rings is 1. The Morgan fingerprint density at radius 3 is 2.50 bits per heavy atom. The van der Waals surface area contributed by atoms with Crippen molar-refractivity contribution in [3.8, 4) is 0 Å². The molecular formula is C14H22N2O2. The highest BCUT2D eigenvalue weighted by atomic mass is 16.6. The van der Waals surface area contributed by atoms with E-state index in [-0.39, 0.29) is 22.1 Å². The molecule has 1 unspecified atom stereocenters. The second-order valence-corrected chi connectivity index (χ2v) is 5.27. The van der Waals surface area contributed by atoms with E-state index in [1.54, 1.807) is 12.1 Å². The van der Waals surface area contributed by atoms with Crippen LogP contribution in [0.5, 0.6) is 0 Å². The van der Waals surface area contributed by atoms with E-state index in [4.69, 9.17) is 0 Å². The summed E-state index contributed by atoms with van der Waals surface area (Å²) in [5, 5.41) is 14.3. The van der Waals surface area contributed by atoms with Crippen molar-refractivity contribution in [2.75, 3.05) is 7.05 Å². The molecule has 0 saturated heterocycles. The van der Waals surface area contributed by atoms with Gasteiger partial charge in [0.05, 0.1) is 4.92 Å². The SMILES string of the molecule is CCC(C)(C)C(Cc1ccccc1[N+](=O)[O-])NC. The Morgan fingerprint density at radius 2 is 2.00 bits per heavy atom. The average Bonchev–Trinajstić information content (AvgIpc) is 2.35. The Bertz CT molecular complexity index is 416. The summed E-state index contributed by atoms with van der Waals surface area (Å²) in [6.07, 6.45) is 1.70. The number of hydrogen-bond donors (Lipinski definition) is 1. The molecule has 0 aliphatic heterocycles. The molecule has 0 aromatic heterocycles. The lowest BCUT2D eigenvalue weighted by Crippen LogP contribution is -2.41. The minimum Gasteiger partial charge on any atom is -0.316 e. The van der Waals surface area contributed by atoms with E-state index >= 15 is 0 Å². The molecule has 1 atom stereocenters. The summed E-state index contributed by atoms with van der Waals surface area (Å²) in [5.74, 6) is 0. The van der Waals surface area contributed by atoms with E-state index < -0.39 is 0 Å². The molecule has 4 heteroatoms. The number of nitrogens with one attached hydrogen (secondary N) is 1. The summed E-state index contributed by atoms with van der Waals surface area (Å²) in [7, 11) is 1.91. The lowest BCUT2D eigenvalue weighted by molar-refractivity contribution is -0.385. The van der Waals surface area contributed by atoms with Gasteiger partial charge in [0.2, 0.25) is 0 Å². The molecule has 0 radical (unpaired) electrons. The highest BCUT2D eigenvalue weighted by Crippen LogP contribution is 2.29. The third-order valence-electron chi connectivity index (χ3n) is 3.82. The van der Waals surface area contributed by atoms with Gasteiger partial charge >= 0.3 is 0 Å². The van der Waals surface area contributed by atoms with Gasteiger partial charge in [0, 0.05) is 17.7 Å². The lowest BCUT2D eigenvalue weighted by atomic mass is 9.79. The van der Waals surface area contributed by atoms with Gasteiger partial charge in [0.25, 0.3) is 5.69 Å². The molecule has 0 amide bonds. The van der Waals surface area contributed by atoms with Crippen molar-refractivity contribution in [2.24, 2.45) is 5.41 Å². The van der Waals surface area contributed by atoms with E-state index in [0.717, 1.165) is 12.0 Å². The van der Waals surface area contributed by atoms with Crippen molar-refractivity contribution in [1.82, 2.24) is 5.32 Å². The summed E-state index contributed by atoms with van der Waals surface area (Å²) in [6.45, 7) is 6.51. The molecule has 0 spiro atoms. The van der Waals surface area contributed by atoms with Crippen LogP contribution in [0.2, 0.25) is 0 Å². The Kier molecular flexibility index (Phi) is 4.84. The van der Waals surface area contributed by atoms with Gasteiger partial charge < -0.3 is 5.32 Å². The van der Waals surface area contributed by atoms with Crippen LogP contribution < -0.4 is 5.32 Å². The average molecular weight is 250 g/mol. The van der Waals surface area contributed by atoms with Crippen molar-refractivity contribution >= 4 is 5.69 Å². The van der Waals surface area contributed by atoms with Crippen LogP contribution in [0.1, 0.15) is 32.8 Å². The maximum atomic E-state index is 11.0. The van der Waals surface area contributed by atoms with Crippen LogP contribution >= 0.6 is 0 Å². The maximum absolute atomic E-state index is 11.0. The fraction of sp³-hybridized carbons (Fsp3) is 0.571. The van der Waals surface area contributed by atoms with Gasteiger partial charge in [-0.1, -0.05) is 39.0 Å². The summed E-state index contributed by atoms with van der Waals surface area (Å²) in [6, 6.07) is 7.20. The third kappa shape index (κ3) is 3.29. The first-order chi connectivity index (χ1) is 8.42. The number of likely N-dealkylation sites (N-methyl/N-ethyl adjacent to an activating group) is 1. The Morgan fingerprint density at radius 1 is 1.39 bits per heavy atom. The summed E-state index contributed by atoms with van der Waals surface area (Å²) in [4.78, 5) is 10.7. The number of nitro groups is 1. The minimum absolute atomic E-state index is 0.110. The zero-order chi connectivity index (χ0) is 13.8. The number of nitrogens with zero attached hydrogens (tertiary/aromatic N) is 1. The van der Waals surface area contributed by atoms with Crippen molar-refractivity contribution < 1.29 is 4.92 Å². The van der Waals surface area contributed by atoms with E-state index in [9.17, 15) is 10.1 Å². The second-order valence-electron chi connectivity index (χ2n) is 5.27. The van der Waals surface area contributed by atoms with Gasteiger partial charge in [-0.25, -0.2) is 0 Å². The smallest absolute Gasteiger partial charge is 0.272 e. The normalized spacial score (nSPS) is 13.3. The molecular weight excluding hydrogens is 228 g/mol. The van der Waals surface area contributed by atoms with Gasteiger partial charge in [0.1, 0.15) is 0 Å². The van der Waals surface area contributed by atoms with Crippen molar-refractivity contribution in [2.45, 2.75) is 39.7 Å². The zero-order valence-corrected chi connectivity index (χ0v) is 11.6. The molecule has 4 nitrogen and oxygen atoms in total. The molecule has 0 aliphatic carbocycles. The van der Waals surface area contributed by atoms with E-state index in [0.29, 0.717) is 6.42 Å². The van der Waals surface area contributed by atoms with Crippen molar-refractivity contribution in [3.63, 3.8) is 0 Å². The van der Waals surface area contributed by atoms with Crippen LogP contribution in [-0.2, 0) is 6.42 Å². The van der Waals surface area contributed by atoms with Gasteiger partial charge in [-0.2, -0.15) is 0 Å². The molecule has 18 heavy (non-hydrogen) atoms. The number of rotatable bonds is 6. The summed E-state index contributed by atoms with van der Waals surface area (Å²) in [5.41, 5.74) is 1.12. The third-order valence-corrected chi connectivity index (χ3v) is 3.82. The molecule has 1 aromatic rings. The fourth-order valence-corrected chi connectivity index (χ4v) is 2.10. The number of nitro benzene ring substituents is 1. The zero-order valence-electron chi connectivity index (χ0n) is 11.6. The first-order valence-corrected chi connectivity index (χ1v) is 6.32. The van der Waals surface area contributed by atoms with E-state index in [1.807, 2.05) is 19.2 Å². The van der Waals surface area contributed by atoms with Crippen LogP contribution in [0.4, 0.5) is 5.69 Å². The Labute approximate surface area is 109 Å². The molecule has 0 saturated carbocycles. The molecule has 1 N–H and O–H groups in total. The minimum atomic E-state index is -0.305. The highest BCUT2D eigenvalue weighted by molar-refractivity contribution is 5.40. The van der Waals surface area contributed by atoms with Crippen molar-refractivity contribution in [3.05, 3.63) is 39.9 Å². The van der Waals surface area contributed by atoms with Crippen LogP contribution in [0.15, 0.2) is 24.3 Å². The predicted molar refractivity (Wildman–Crippen MR) is 73.7 cm³/mol.